The van der Waals surface area contributed by atoms with Crippen molar-refractivity contribution in [1.82, 2.24) is 9.97 Å². The normalized spacial score (nSPS) is 16.0. The van der Waals surface area contributed by atoms with Crippen LogP contribution >= 0.6 is 0 Å². The summed E-state index contributed by atoms with van der Waals surface area (Å²) in [7, 11) is -0.401. The van der Waals surface area contributed by atoms with E-state index in [2.05, 4.69) is 125 Å². The van der Waals surface area contributed by atoms with Crippen LogP contribution in [0.2, 0.25) is 0 Å². The Bertz CT molecular complexity index is 1880. The zero-order valence-electron chi connectivity index (χ0n) is 23.8. The van der Waals surface area contributed by atoms with E-state index in [9.17, 15) is 0 Å². The molecule has 0 amide bonds. The van der Waals surface area contributed by atoms with Gasteiger partial charge >= 0.3 is 7.12 Å². The maximum Gasteiger partial charge on any atom is 0.494 e. The highest BCUT2D eigenvalue weighted by Gasteiger charge is 2.51. The summed E-state index contributed by atoms with van der Waals surface area (Å²) in [6.45, 7) is 8.28. The maximum atomic E-state index is 6.24. The number of hydrogen-bond donors (Lipinski definition) is 0. The lowest BCUT2D eigenvalue weighted by Crippen LogP contribution is -2.41. The Kier molecular flexibility index (Phi) is 6.04. The Morgan fingerprint density at radius 1 is 0.537 bits per heavy atom. The van der Waals surface area contributed by atoms with E-state index in [4.69, 9.17) is 19.3 Å². The lowest BCUT2D eigenvalue weighted by molar-refractivity contribution is 0.00578. The SMILES string of the molecule is CC1(C)OB(c2ccc(-c3nc(-c4ccc(-c5cccc6ccccc56)cc4)c4ccccc4n3)cc2)OC1(C)C. The van der Waals surface area contributed by atoms with Crippen molar-refractivity contribution in [3.8, 4) is 33.8 Å². The molecule has 0 atom stereocenters. The standard InChI is InChI=1S/C36H31BN2O2/c1-35(2)36(3,4)41-37(40-35)28-22-20-27(21-23-28)34-38-32-15-8-7-13-31(32)33(39-34)26-18-16-25(17-19-26)30-14-9-11-24-10-5-6-12-29(24)30/h5-23H,1-4H3. The van der Waals surface area contributed by atoms with Crippen LogP contribution in [0.15, 0.2) is 115 Å². The van der Waals surface area contributed by atoms with Crippen molar-refractivity contribution in [3.05, 3.63) is 115 Å². The monoisotopic (exact) mass is 534 g/mol. The number of nitrogens with zero attached hydrogens (tertiary/aromatic N) is 2. The summed E-state index contributed by atoms with van der Waals surface area (Å²) >= 11 is 0. The molecular formula is C36H31BN2O2. The first-order valence-electron chi connectivity index (χ1n) is 14.1. The van der Waals surface area contributed by atoms with Gasteiger partial charge in [0, 0.05) is 16.5 Å². The third-order valence-corrected chi connectivity index (χ3v) is 8.56. The Morgan fingerprint density at radius 3 is 1.85 bits per heavy atom. The molecule has 1 saturated heterocycles. The van der Waals surface area contributed by atoms with E-state index in [0.29, 0.717) is 5.82 Å². The molecule has 5 aromatic carbocycles. The van der Waals surface area contributed by atoms with E-state index in [1.54, 1.807) is 0 Å². The molecule has 4 nitrogen and oxygen atoms in total. The van der Waals surface area contributed by atoms with Gasteiger partial charge in [0.05, 0.1) is 22.4 Å². The fourth-order valence-corrected chi connectivity index (χ4v) is 5.48. The minimum absolute atomic E-state index is 0.379. The van der Waals surface area contributed by atoms with Crippen LogP contribution in [0.3, 0.4) is 0 Å². The van der Waals surface area contributed by atoms with Gasteiger partial charge in [0.15, 0.2) is 5.82 Å². The average molecular weight is 534 g/mol. The van der Waals surface area contributed by atoms with Crippen molar-refractivity contribution in [1.29, 1.82) is 0 Å². The smallest absolute Gasteiger partial charge is 0.399 e. The second-order valence-corrected chi connectivity index (χ2v) is 11.7. The number of aromatic nitrogens is 2. The van der Waals surface area contributed by atoms with Crippen molar-refractivity contribution in [2.24, 2.45) is 0 Å². The molecule has 1 aromatic heterocycles. The van der Waals surface area contributed by atoms with Gasteiger partial charge in [0.1, 0.15) is 0 Å². The predicted molar refractivity (Wildman–Crippen MR) is 169 cm³/mol. The average Bonchev–Trinajstić information content (AvgIpc) is 3.22. The molecular weight excluding hydrogens is 503 g/mol. The van der Waals surface area contributed by atoms with E-state index in [-0.39, 0.29) is 11.2 Å². The number of para-hydroxylation sites is 1. The van der Waals surface area contributed by atoms with Crippen molar-refractivity contribution in [3.63, 3.8) is 0 Å². The van der Waals surface area contributed by atoms with Crippen LogP contribution in [0.25, 0.3) is 55.4 Å². The van der Waals surface area contributed by atoms with Crippen LogP contribution in [0.1, 0.15) is 27.7 Å². The molecule has 0 radical (unpaired) electrons. The molecule has 2 heterocycles. The van der Waals surface area contributed by atoms with Crippen LogP contribution in [0, 0.1) is 0 Å². The molecule has 1 aliphatic heterocycles. The lowest BCUT2D eigenvalue weighted by Gasteiger charge is -2.32. The molecule has 0 spiro atoms. The molecule has 200 valence electrons. The molecule has 41 heavy (non-hydrogen) atoms. The first-order chi connectivity index (χ1) is 19.8. The van der Waals surface area contributed by atoms with Gasteiger partial charge in [0.2, 0.25) is 0 Å². The predicted octanol–water partition coefficient (Wildman–Crippen LogP) is 8.08. The third-order valence-electron chi connectivity index (χ3n) is 8.56. The van der Waals surface area contributed by atoms with Crippen molar-refractivity contribution >= 4 is 34.3 Å². The summed E-state index contributed by atoms with van der Waals surface area (Å²) < 4.78 is 12.5. The van der Waals surface area contributed by atoms with E-state index in [1.807, 2.05) is 18.2 Å². The zero-order chi connectivity index (χ0) is 28.2. The molecule has 5 heteroatoms. The second-order valence-electron chi connectivity index (χ2n) is 11.7. The fourth-order valence-electron chi connectivity index (χ4n) is 5.48. The number of fused-ring (bicyclic) bond motifs is 2. The number of rotatable bonds is 4. The minimum atomic E-state index is -0.401. The van der Waals surface area contributed by atoms with Gasteiger partial charge in [-0.1, -0.05) is 109 Å². The first-order valence-corrected chi connectivity index (χ1v) is 14.1. The van der Waals surface area contributed by atoms with Crippen molar-refractivity contribution < 1.29 is 9.31 Å². The molecule has 0 aliphatic carbocycles. The van der Waals surface area contributed by atoms with Crippen LogP contribution in [-0.4, -0.2) is 28.3 Å². The molecule has 1 fully saturated rings. The summed E-state index contributed by atoms with van der Waals surface area (Å²) in [6.07, 6.45) is 0. The van der Waals surface area contributed by atoms with Gasteiger partial charge in [0.25, 0.3) is 0 Å². The van der Waals surface area contributed by atoms with E-state index in [0.717, 1.165) is 33.2 Å². The summed E-state index contributed by atoms with van der Waals surface area (Å²) in [6, 6.07) is 40.1. The largest absolute Gasteiger partial charge is 0.494 e. The highest BCUT2D eigenvalue weighted by Crippen LogP contribution is 2.37. The minimum Gasteiger partial charge on any atom is -0.399 e. The van der Waals surface area contributed by atoms with Crippen LogP contribution in [0.5, 0.6) is 0 Å². The van der Waals surface area contributed by atoms with Gasteiger partial charge in [-0.2, -0.15) is 0 Å². The Labute approximate surface area is 241 Å². The zero-order valence-corrected chi connectivity index (χ0v) is 23.8. The van der Waals surface area contributed by atoms with Gasteiger partial charge < -0.3 is 9.31 Å². The van der Waals surface area contributed by atoms with Gasteiger partial charge in [-0.3, -0.25) is 0 Å². The first kappa shape index (κ1) is 25.6. The molecule has 6 aromatic rings. The molecule has 0 bridgehead atoms. The third kappa shape index (κ3) is 4.52. The summed E-state index contributed by atoms with van der Waals surface area (Å²) in [5.41, 5.74) is 6.48. The Hall–Kier alpha value is -4.32. The maximum absolute atomic E-state index is 6.24. The van der Waals surface area contributed by atoms with Crippen molar-refractivity contribution in [2.45, 2.75) is 38.9 Å². The van der Waals surface area contributed by atoms with E-state index in [1.165, 1.54) is 21.9 Å². The summed E-state index contributed by atoms with van der Waals surface area (Å²) in [5, 5.41) is 3.52. The summed E-state index contributed by atoms with van der Waals surface area (Å²) in [4.78, 5) is 10.0. The molecule has 0 unspecified atom stereocenters. The van der Waals surface area contributed by atoms with Crippen LogP contribution < -0.4 is 5.46 Å². The molecule has 7 rings (SSSR count). The van der Waals surface area contributed by atoms with E-state index >= 15 is 0 Å². The van der Waals surface area contributed by atoms with Gasteiger partial charge in [-0.15, -0.1) is 0 Å². The van der Waals surface area contributed by atoms with Gasteiger partial charge in [-0.05, 0) is 61.1 Å². The topological polar surface area (TPSA) is 44.2 Å². The highest BCUT2D eigenvalue weighted by atomic mass is 16.7. The number of benzene rings is 5. The molecule has 1 aliphatic rings. The van der Waals surface area contributed by atoms with Crippen LogP contribution in [-0.2, 0) is 9.31 Å². The number of hydrogen-bond acceptors (Lipinski definition) is 4. The van der Waals surface area contributed by atoms with Crippen molar-refractivity contribution in [2.75, 3.05) is 0 Å². The molecule has 0 saturated carbocycles. The van der Waals surface area contributed by atoms with Crippen LogP contribution in [0.4, 0.5) is 0 Å². The van der Waals surface area contributed by atoms with Gasteiger partial charge in [-0.25, -0.2) is 9.97 Å². The Morgan fingerprint density at radius 2 is 1.12 bits per heavy atom. The quantitative estimate of drug-likeness (QED) is 0.215. The highest BCUT2D eigenvalue weighted by molar-refractivity contribution is 6.62. The van der Waals surface area contributed by atoms with E-state index < -0.39 is 7.12 Å². The second kappa shape index (κ2) is 9.65. The summed E-state index contributed by atoms with van der Waals surface area (Å²) in [5.74, 6) is 0.692. The Balaban J connectivity index is 1.25. The lowest BCUT2D eigenvalue weighted by atomic mass is 9.79. The molecule has 0 N–H and O–H groups in total. The fraction of sp³-hybridized carbons (Fsp3) is 0.167.